The fourth-order valence-electron chi connectivity index (χ4n) is 3.78. The molecule has 0 aliphatic carbocycles. The second kappa shape index (κ2) is 13.0. The predicted octanol–water partition coefficient (Wildman–Crippen LogP) is 5.77. The highest BCUT2D eigenvalue weighted by Crippen LogP contribution is 2.18. The molecule has 1 N–H and O–H groups in total. The van der Waals surface area contributed by atoms with Crippen molar-refractivity contribution in [2.45, 2.75) is 85.2 Å². The Balaban J connectivity index is 2.14. The zero-order valence-electron chi connectivity index (χ0n) is 20.5. The number of nitrogens with one attached hydrogen (secondary N) is 1. The molecule has 2 aromatic carbocycles. The molecule has 4 nitrogen and oxygen atoms in total. The maximum Gasteiger partial charge on any atom is 0.242 e. The number of benzene rings is 2. The first-order valence-electron chi connectivity index (χ1n) is 12.1. The number of rotatable bonds is 12. The van der Waals surface area contributed by atoms with Crippen LogP contribution in [0.2, 0.25) is 0 Å². The SMILES string of the molecule is CCCCNC(=O)C(CC)N(Cc1ccc(C)cc1)C(=O)CCc1ccc(C(C)C)cc1. The van der Waals surface area contributed by atoms with Gasteiger partial charge in [0.25, 0.3) is 0 Å². The summed E-state index contributed by atoms with van der Waals surface area (Å²) in [6, 6.07) is 16.2. The van der Waals surface area contributed by atoms with Gasteiger partial charge in [0.05, 0.1) is 0 Å². The van der Waals surface area contributed by atoms with Gasteiger partial charge in [0, 0.05) is 19.5 Å². The quantitative estimate of drug-likeness (QED) is 0.429. The molecule has 1 unspecified atom stereocenters. The molecule has 2 rings (SSSR count). The van der Waals surface area contributed by atoms with E-state index in [-0.39, 0.29) is 11.8 Å². The lowest BCUT2D eigenvalue weighted by molar-refractivity contribution is -0.141. The second-order valence-corrected chi connectivity index (χ2v) is 8.97. The second-order valence-electron chi connectivity index (χ2n) is 8.97. The molecule has 0 saturated heterocycles. The monoisotopic (exact) mass is 436 g/mol. The van der Waals surface area contributed by atoms with Gasteiger partial charge in [0.1, 0.15) is 6.04 Å². The minimum Gasteiger partial charge on any atom is -0.354 e. The molecule has 0 aromatic heterocycles. The smallest absolute Gasteiger partial charge is 0.242 e. The Morgan fingerprint density at radius 2 is 1.56 bits per heavy atom. The largest absolute Gasteiger partial charge is 0.354 e. The summed E-state index contributed by atoms with van der Waals surface area (Å²) in [5.74, 6) is 0.464. The normalized spacial score (nSPS) is 11.9. The Hall–Kier alpha value is -2.62. The van der Waals surface area contributed by atoms with E-state index in [0.717, 1.165) is 24.0 Å². The summed E-state index contributed by atoms with van der Waals surface area (Å²) >= 11 is 0. The first-order valence-corrected chi connectivity index (χ1v) is 12.1. The summed E-state index contributed by atoms with van der Waals surface area (Å²) in [7, 11) is 0. The van der Waals surface area contributed by atoms with Crippen LogP contribution in [-0.4, -0.2) is 29.3 Å². The van der Waals surface area contributed by atoms with E-state index in [9.17, 15) is 9.59 Å². The van der Waals surface area contributed by atoms with Crippen molar-refractivity contribution in [1.82, 2.24) is 10.2 Å². The molecule has 0 heterocycles. The summed E-state index contributed by atoms with van der Waals surface area (Å²) in [6.07, 6.45) is 3.64. The predicted molar refractivity (Wildman–Crippen MR) is 133 cm³/mol. The Morgan fingerprint density at radius 3 is 2.12 bits per heavy atom. The molecule has 32 heavy (non-hydrogen) atoms. The number of carbonyl (C=O) groups excluding carboxylic acids is 2. The van der Waals surface area contributed by atoms with Gasteiger partial charge in [0.15, 0.2) is 0 Å². The van der Waals surface area contributed by atoms with Gasteiger partial charge in [0.2, 0.25) is 11.8 Å². The molecule has 0 bridgehead atoms. The molecule has 0 radical (unpaired) electrons. The topological polar surface area (TPSA) is 49.4 Å². The lowest BCUT2D eigenvalue weighted by Gasteiger charge is -2.31. The van der Waals surface area contributed by atoms with Crippen molar-refractivity contribution in [3.8, 4) is 0 Å². The zero-order chi connectivity index (χ0) is 23.5. The van der Waals surface area contributed by atoms with Crippen molar-refractivity contribution in [2.24, 2.45) is 0 Å². The molecule has 0 fully saturated rings. The molecule has 1 atom stereocenters. The van der Waals surface area contributed by atoms with Crippen LogP contribution in [0.4, 0.5) is 0 Å². The van der Waals surface area contributed by atoms with Crippen LogP contribution in [0.1, 0.15) is 81.5 Å². The van der Waals surface area contributed by atoms with Gasteiger partial charge in [-0.25, -0.2) is 0 Å². The fraction of sp³-hybridized carbons (Fsp3) is 0.500. The Morgan fingerprint density at radius 1 is 0.938 bits per heavy atom. The molecular formula is C28H40N2O2. The van der Waals surface area contributed by atoms with E-state index in [0.29, 0.717) is 38.3 Å². The zero-order valence-corrected chi connectivity index (χ0v) is 20.5. The Labute approximate surface area is 194 Å². The van der Waals surface area contributed by atoms with Crippen LogP contribution in [0.15, 0.2) is 48.5 Å². The summed E-state index contributed by atoms with van der Waals surface area (Å²) < 4.78 is 0. The minimum absolute atomic E-state index is 0.0241. The van der Waals surface area contributed by atoms with Gasteiger partial charge in [-0.15, -0.1) is 0 Å². The number of amides is 2. The Bertz CT molecular complexity index is 841. The number of aryl methyl sites for hydroxylation is 2. The minimum atomic E-state index is -0.455. The van der Waals surface area contributed by atoms with Crippen LogP contribution >= 0.6 is 0 Å². The number of hydrogen-bond donors (Lipinski definition) is 1. The highest BCUT2D eigenvalue weighted by Gasteiger charge is 2.28. The van der Waals surface area contributed by atoms with Crippen molar-refractivity contribution in [1.29, 1.82) is 0 Å². The molecular weight excluding hydrogens is 396 g/mol. The third kappa shape index (κ3) is 7.81. The number of carbonyl (C=O) groups is 2. The van der Waals surface area contributed by atoms with Gasteiger partial charge in [-0.3, -0.25) is 9.59 Å². The van der Waals surface area contributed by atoms with Crippen LogP contribution in [-0.2, 0) is 22.6 Å². The molecule has 0 spiro atoms. The lowest BCUT2D eigenvalue weighted by atomic mass is 10.00. The maximum atomic E-state index is 13.3. The van der Waals surface area contributed by atoms with Crippen molar-refractivity contribution in [3.05, 3.63) is 70.8 Å². The first-order chi connectivity index (χ1) is 15.3. The summed E-state index contributed by atoms with van der Waals surface area (Å²) in [5, 5.41) is 3.02. The van der Waals surface area contributed by atoms with Crippen molar-refractivity contribution >= 4 is 11.8 Å². The van der Waals surface area contributed by atoms with E-state index in [1.807, 2.05) is 26.0 Å². The van der Waals surface area contributed by atoms with Gasteiger partial charge in [-0.05, 0) is 48.8 Å². The van der Waals surface area contributed by atoms with Crippen LogP contribution in [0.5, 0.6) is 0 Å². The van der Waals surface area contributed by atoms with E-state index < -0.39 is 6.04 Å². The van der Waals surface area contributed by atoms with Gasteiger partial charge in [-0.1, -0.05) is 88.2 Å². The van der Waals surface area contributed by atoms with E-state index >= 15 is 0 Å². The molecule has 0 saturated carbocycles. The van der Waals surface area contributed by atoms with Crippen molar-refractivity contribution in [3.63, 3.8) is 0 Å². The highest BCUT2D eigenvalue weighted by atomic mass is 16.2. The van der Waals surface area contributed by atoms with Crippen LogP contribution < -0.4 is 5.32 Å². The average Bonchev–Trinajstić information content (AvgIpc) is 2.79. The number of nitrogens with zero attached hydrogens (tertiary/aromatic N) is 1. The first kappa shape index (κ1) is 25.6. The van der Waals surface area contributed by atoms with E-state index in [1.54, 1.807) is 4.90 Å². The molecule has 2 aromatic rings. The van der Waals surface area contributed by atoms with Gasteiger partial charge >= 0.3 is 0 Å². The molecule has 0 aliphatic heterocycles. The van der Waals surface area contributed by atoms with Gasteiger partial charge < -0.3 is 10.2 Å². The van der Waals surface area contributed by atoms with E-state index in [4.69, 9.17) is 0 Å². The molecule has 174 valence electrons. The summed E-state index contributed by atoms with van der Waals surface area (Å²) in [5.41, 5.74) is 4.68. The third-order valence-electron chi connectivity index (χ3n) is 5.96. The number of hydrogen-bond acceptors (Lipinski definition) is 2. The fourth-order valence-corrected chi connectivity index (χ4v) is 3.78. The van der Waals surface area contributed by atoms with Crippen LogP contribution in [0.25, 0.3) is 0 Å². The number of unbranched alkanes of at least 4 members (excludes halogenated alkanes) is 1. The molecule has 0 aliphatic rings. The highest BCUT2D eigenvalue weighted by molar-refractivity contribution is 5.87. The third-order valence-corrected chi connectivity index (χ3v) is 5.96. The maximum absolute atomic E-state index is 13.3. The van der Waals surface area contributed by atoms with E-state index in [2.05, 4.69) is 62.5 Å². The van der Waals surface area contributed by atoms with Crippen molar-refractivity contribution in [2.75, 3.05) is 6.54 Å². The standard InChI is InChI=1S/C28H40N2O2/c1-6-8-19-29-28(32)26(7-2)30(20-24-11-9-22(5)10-12-24)27(31)18-15-23-13-16-25(17-14-23)21(3)4/h9-14,16-17,21,26H,6-8,15,18-20H2,1-5H3,(H,29,32). The van der Waals surface area contributed by atoms with Crippen LogP contribution in [0, 0.1) is 6.92 Å². The summed E-state index contributed by atoms with van der Waals surface area (Å²) in [4.78, 5) is 28.0. The average molecular weight is 437 g/mol. The molecule has 2 amide bonds. The van der Waals surface area contributed by atoms with Crippen LogP contribution in [0.3, 0.4) is 0 Å². The van der Waals surface area contributed by atoms with Crippen molar-refractivity contribution < 1.29 is 9.59 Å². The van der Waals surface area contributed by atoms with Gasteiger partial charge in [-0.2, -0.15) is 0 Å². The Kier molecular flexibility index (Phi) is 10.5. The summed E-state index contributed by atoms with van der Waals surface area (Å²) in [6.45, 7) is 11.6. The van der Waals surface area contributed by atoms with E-state index in [1.165, 1.54) is 11.1 Å². The lowest BCUT2D eigenvalue weighted by Crippen LogP contribution is -2.49. The molecule has 4 heteroatoms.